The van der Waals surface area contributed by atoms with Gasteiger partial charge in [-0.15, -0.1) is 0 Å². The molecular formula is C15H18BrClFN3. The molecule has 0 saturated heterocycles. The smallest absolute Gasteiger partial charge is 0.128 e. The fourth-order valence-electron chi connectivity index (χ4n) is 2.41. The number of likely N-dealkylation sites (N-methyl/N-ethyl adjacent to an activating group) is 1. The SMILES string of the molecule is CCn1nc(C)c(Br)c1CC(NC)c1cc(Cl)ccc1F. The Balaban J connectivity index is 2.38. The van der Waals surface area contributed by atoms with Crippen molar-refractivity contribution in [3.05, 3.63) is 50.5 Å². The molecule has 0 radical (unpaired) electrons. The van der Waals surface area contributed by atoms with Crippen molar-refractivity contribution in [1.82, 2.24) is 15.1 Å². The van der Waals surface area contributed by atoms with Crippen molar-refractivity contribution < 1.29 is 4.39 Å². The number of aromatic nitrogens is 2. The minimum absolute atomic E-state index is 0.165. The Hall–Kier alpha value is -0.910. The number of hydrogen-bond donors (Lipinski definition) is 1. The molecular weight excluding hydrogens is 357 g/mol. The van der Waals surface area contributed by atoms with Gasteiger partial charge in [0.2, 0.25) is 0 Å². The highest BCUT2D eigenvalue weighted by Gasteiger charge is 2.20. The van der Waals surface area contributed by atoms with Crippen LogP contribution in [0.3, 0.4) is 0 Å². The Labute approximate surface area is 137 Å². The highest BCUT2D eigenvalue weighted by molar-refractivity contribution is 9.10. The lowest BCUT2D eigenvalue weighted by atomic mass is 10.0. The molecule has 0 saturated carbocycles. The summed E-state index contributed by atoms with van der Waals surface area (Å²) in [5, 5.41) is 8.17. The third-order valence-electron chi connectivity index (χ3n) is 3.53. The molecule has 0 amide bonds. The first-order valence-electron chi connectivity index (χ1n) is 6.81. The van der Waals surface area contributed by atoms with Crippen LogP contribution in [0.25, 0.3) is 0 Å². The lowest BCUT2D eigenvalue weighted by molar-refractivity contribution is 0.509. The number of hydrogen-bond acceptors (Lipinski definition) is 2. The van der Waals surface area contributed by atoms with E-state index in [-0.39, 0.29) is 11.9 Å². The molecule has 1 atom stereocenters. The fraction of sp³-hybridized carbons (Fsp3) is 0.400. The average Bonchev–Trinajstić information content (AvgIpc) is 2.74. The van der Waals surface area contributed by atoms with Gasteiger partial charge in [0, 0.05) is 29.6 Å². The Morgan fingerprint density at radius 2 is 2.19 bits per heavy atom. The van der Waals surface area contributed by atoms with E-state index in [9.17, 15) is 4.39 Å². The maximum Gasteiger partial charge on any atom is 0.128 e. The van der Waals surface area contributed by atoms with Crippen molar-refractivity contribution in [2.75, 3.05) is 7.05 Å². The van der Waals surface area contributed by atoms with Crippen molar-refractivity contribution in [2.45, 2.75) is 32.9 Å². The Morgan fingerprint density at radius 3 is 2.81 bits per heavy atom. The standard InChI is InChI=1S/C15H18BrClFN3/c1-4-21-14(15(16)9(2)20-21)8-13(19-3)11-7-10(17)5-6-12(11)18/h5-7,13,19H,4,8H2,1-3H3. The van der Waals surface area contributed by atoms with Crippen LogP contribution in [0.4, 0.5) is 4.39 Å². The van der Waals surface area contributed by atoms with Gasteiger partial charge in [-0.25, -0.2) is 4.39 Å². The lowest BCUT2D eigenvalue weighted by Gasteiger charge is -2.18. The summed E-state index contributed by atoms with van der Waals surface area (Å²) >= 11 is 9.57. The van der Waals surface area contributed by atoms with E-state index in [1.807, 2.05) is 25.6 Å². The minimum Gasteiger partial charge on any atom is -0.313 e. The van der Waals surface area contributed by atoms with Gasteiger partial charge in [-0.2, -0.15) is 5.10 Å². The van der Waals surface area contributed by atoms with Crippen LogP contribution in [0.5, 0.6) is 0 Å². The largest absolute Gasteiger partial charge is 0.313 e. The third-order valence-corrected chi connectivity index (χ3v) is 4.80. The van der Waals surface area contributed by atoms with Crippen LogP contribution in [0.1, 0.15) is 29.9 Å². The molecule has 0 aliphatic heterocycles. The number of rotatable bonds is 5. The predicted octanol–water partition coefficient (Wildman–Crippen LogP) is 4.27. The number of benzene rings is 1. The van der Waals surface area contributed by atoms with Crippen LogP contribution in [0.15, 0.2) is 22.7 Å². The van der Waals surface area contributed by atoms with Crippen molar-refractivity contribution in [1.29, 1.82) is 0 Å². The van der Waals surface area contributed by atoms with Crippen LogP contribution in [0, 0.1) is 12.7 Å². The first kappa shape index (κ1) is 16.5. The van der Waals surface area contributed by atoms with Crippen molar-refractivity contribution in [3.8, 4) is 0 Å². The molecule has 1 N–H and O–H groups in total. The molecule has 6 heteroatoms. The Morgan fingerprint density at radius 1 is 1.48 bits per heavy atom. The molecule has 3 nitrogen and oxygen atoms in total. The van der Waals surface area contributed by atoms with E-state index in [1.54, 1.807) is 12.1 Å². The van der Waals surface area contributed by atoms with E-state index in [2.05, 4.69) is 26.3 Å². The van der Waals surface area contributed by atoms with Crippen molar-refractivity contribution >= 4 is 27.5 Å². The normalized spacial score (nSPS) is 12.7. The second-order valence-corrected chi connectivity index (χ2v) is 6.10. The lowest BCUT2D eigenvalue weighted by Crippen LogP contribution is -2.22. The van der Waals surface area contributed by atoms with Gasteiger partial charge in [0.25, 0.3) is 0 Å². The highest BCUT2D eigenvalue weighted by Crippen LogP contribution is 2.28. The van der Waals surface area contributed by atoms with Gasteiger partial charge in [-0.05, 0) is 55.0 Å². The summed E-state index contributed by atoms with van der Waals surface area (Å²) in [6.45, 7) is 4.76. The highest BCUT2D eigenvalue weighted by atomic mass is 79.9. The second-order valence-electron chi connectivity index (χ2n) is 4.87. The molecule has 1 aromatic heterocycles. The number of halogens is 3. The molecule has 2 aromatic rings. The van der Waals surface area contributed by atoms with Gasteiger partial charge >= 0.3 is 0 Å². The summed E-state index contributed by atoms with van der Waals surface area (Å²) in [4.78, 5) is 0. The molecule has 1 unspecified atom stereocenters. The molecule has 2 rings (SSSR count). The zero-order valence-electron chi connectivity index (χ0n) is 12.3. The summed E-state index contributed by atoms with van der Waals surface area (Å²) in [5.41, 5.74) is 2.56. The Bertz CT molecular complexity index is 642. The molecule has 1 aromatic carbocycles. The number of nitrogens with zero attached hydrogens (tertiary/aromatic N) is 2. The maximum absolute atomic E-state index is 14.1. The summed E-state index contributed by atoms with van der Waals surface area (Å²) < 4.78 is 17.0. The van der Waals surface area contributed by atoms with Crippen LogP contribution in [-0.2, 0) is 13.0 Å². The predicted molar refractivity (Wildman–Crippen MR) is 87.3 cm³/mol. The molecule has 21 heavy (non-hydrogen) atoms. The van der Waals surface area contributed by atoms with Crippen LogP contribution in [-0.4, -0.2) is 16.8 Å². The average molecular weight is 375 g/mol. The zero-order valence-corrected chi connectivity index (χ0v) is 14.6. The molecule has 0 spiro atoms. The summed E-state index contributed by atoms with van der Waals surface area (Å²) in [6.07, 6.45) is 0.628. The van der Waals surface area contributed by atoms with Gasteiger partial charge in [0.15, 0.2) is 0 Å². The van der Waals surface area contributed by atoms with Crippen LogP contribution in [0.2, 0.25) is 5.02 Å². The molecule has 0 aliphatic carbocycles. The topological polar surface area (TPSA) is 29.9 Å². The van der Waals surface area contributed by atoms with Crippen LogP contribution < -0.4 is 5.32 Å². The van der Waals surface area contributed by atoms with Gasteiger partial charge in [0.05, 0.1) is 15.9 Å². The summed E-state index contributed by atoms with van der Waals surface area (Å²) in [6, 6.07) is 4.47. The van der Waals surface area contributed by atoms with E-state index in [0.29, 0.717) is 17.0 Å². The summed E-state index contributed by atoms with van der Waals surface area (Å²) in [7, 11) is 1.82. The van der Waals surface area contributed by atoms with Gasteiger partial charge < -0.3 is 5.32 Å². The molecule has 1 heterocycles. The minimum atomic E-state index is -0.255. The van der Waals surface area contributed by atoms with E-state index < -0.39 is 0 Å². The maximum atomic E-state index is 14.1. The van der Waals surface area contributed by atoms with E-state index >= 15 is 0 Å². The van der Waals surface area contributed by atoms with E-state index in [4.69, 9.17) is 11.6 Å². The third kappa shape index (κ3) is 3.47. The van der Waals surface area contributed by atoms with Crippen molar-refractivity contribution in [3.63, 3.8) is 0 Å². The van der Waals surface area contributed by atoms with E-state index in [1.165, 1.54) is 6.07 Å². The van der Waals surface area contributed by atoms with Crippen molar-refractivity contribution in [2.24, 2.45) is 0 Å². The van der Waals surface area contributed by atoms with Gasteiger partial charge in [0.1, 0.15) is 5.82 Å². The van der Waals surface area contributed by atoms with Crippen LogP contribution >= 0.6 is 27.5 Å². The van der Waals surface area contributed by atoms with Gasteiger partial charge in [-0.3, -0.25) is 4.68 Å². The van der Waals surface area contributed by atoms with Gasteiger partial charge in [-0.1, -0.05) is 11.6 Å². The molecule has 0 aliphatic rings. The fourth-order valence-corrected chi connectivity index (χ4v) is 3.03. The quantitative estimate of drug-likeness (QED) is 0.847. The zero-order chi connectivity index (χ0) is 15.6. The number of nitrogens with one attached hydrogen (secondary N) is 1. The monoisotopic (exact) mass is 373 g/mol. The Kier molecular flexibility index (Phi) is 5.41. The summed E-state index contributed by atoms with van der Waals surface area (Å²) in [5.74, 6) is -0.255. The molecule has 114 valence electrons. The number of aryl methyl sites for hydroxylation is 2. The molecule has 0 bridgehead atoms. The van der Waals surface area contributed by atoms with E-state index in [0.717, 1.165) is 22.4 Å². The first-order chi connectivity index (χ1) is 9.97. The first-order valence-corrected chi connectivity index (χ1v) is 7.99. The molecule has 0 fully saturated rings. The second kappa shape index (κ2) is 6.90.